The van der Waals surface area contributed by atoms with Gasteiger partial charge < -0.3 is 5.11 Å². The summed E-state index contributed by atoms with van der Waals surface area (Å²) in [5, 5.41) is 25.0. The molecule has 8 heteroatoms. The predicted octanol–water partition coefficient (Wildman–Crippen LogP) is 0.644. The monoisotopic (exact) mass is 242 g/mol. The number of hydrogen-bond donors (Lipinski definition) is 3. The predicted molar refractivity (Wildman–Crippen MR) is 49.5 cm³/mol. The molecule has 3 N–H and O–H groups in total. The van der Waals surface area contributed by atoms with Crippen LogP contribution in [0.3, 0.4) is 0 Å². The molecule has 0 heterocycles. The standard InChI is InChI=1S/C9H6O8/c10-7(11)6-3-4(8(12)16-14)1-2-5(6)9(13)17-15/h1-3,14-15H,(H,10,11). The quantitative estimate of drug-likeness (QED) is 0.520. The molecule has 0 spiro atoms. The second-order valence-corrected chi connectivity index (χ2v) is 2.82. The molecule has 0 aliphatic heterocycles. The van der Waals surface area contributed by atoms with Gasteiger partial charge in [-0.25, -0.2) is 14.4 Å². The first-order valence-corrected chi connectivity index (χ1v) is 4.10. The highest BCUT2D eigenvalue weighted by molar-refractivity contribution is 6.04. The molecule has 0 radical (unpaired) electrons. The van der Waals surface area contributed by atoms with Gasteiger partial charge in [0.05, 0.1) is 16.7 Å². The van der Waals surface area contributed by atoms with Crippen LogP contribution in [0.5, 0.6) is 0 Å². The molecule has 0 saturated heterocycles. The van der Waals surface area contributed by atoms with Gasteiger partial charge in [-0.3, -0.25) is 9.78 Å². The maximum Gasteiger partial charge on any atom is 0.373 e. The highest BCUT2D eigenvalue weighted by atomic mass is 17.1. The van der Waals surface area contributed by atoms with E-state index in [1.165, 1.54) is 0 Å². The molecule has 0 aromatic heterocycles. The third kappa shape index (κ3) is 2.56. The van der Waals surface area contributed by atoms with Crippen LogP contribution in [0.25, 0.3) is 0 Å². The van der Waals surface area contributed by atoms with Crippen molar-refractivity contribution in [2.75, 3.05) is 0 Å². The Labute approximate surface area is 93.5 Å². The summed E-state index contributed by atoms with van der Waals surface area (Å²) >= 11 is 0. The maximum absolute atomic E-state index is 11.0. The molecule has 1 aromatic rings. The Morgan fingerprint density at radius 1 is 0.941 bits per heavy atom. The maximum atomic E-state index is 11.0. The molecule has 8 nitrogen and oxygen atoms in total. The minimum atomic E-state index is -1.52. The van der Waals surface area contributed by atoms with Gasteiger partial charge >= 0.3 is 17.9 Å². The minimum absolute atomic E-state index is 0.278. The summed E-state index contributed by atoms with van der Waals surface area (Å²) in [5.41, 5.74) is -1.30. The molecule has 0 bridgehead atoms. The van der Waals surface area contributed by atoms with Gasteiger partial charge in [0.15, 0.2) is 0 Å². The van der Waals surface area contributed by atoms with Crippen LogP contribution in [0.15, 0.2) is 18.2 Å². The number of carbonyl (C=O) groups excluding carboxylic acids is 2. The van der Waals surface area contributed by atoms with Crippen molar-refractivity contribution in [2.24, 2.45) is 0 Å². The SMILES string of the molecule is O=C(OO)c1ccc(C(=O)OO)c(C(=O)O)c1. The van der Waals surface area contributed by atoms with Gasteiger partial charge in [0.25, 0.3) is 0 Å². The van der Waals surface area contributed by atoms with Crippen LogP contribution >= 0.6 is 0 Å². The summed E-state index contributed by atoms with van der Waals surface area (Å²) in [4.78, 5) is 39.5. The Hall–Kier alpha value is -2.45. The van der Waals surface area contributed by atoms with Crippen molar-refractivity contribution in [3.8, 4) is 0 Å². The number of benzene rings is 1. The van der Waals surface area contributed by atoms with E-state index in [2.05, 4.69) is 9.78 Å². The average molecular weight is 242 g/mol. The van der Waals surface area contributed by atoms with Crippen LogP contribution in [0.2, 0.25) is 0 Å². The number of carboxylic acids is 1. The molecule has 0 aliphatic rings. The van der Waals surface area contributed by atoms with Crippen LogP contribution in [-0.2, 0) is 9.78 Å². The zero-order chi connectivity index (χ0) is 13.0. The van der Waals surface area contributed by atoms with Crippen LogP contribution in [0, 0.1) is 0 Å². The molecule has 90 valence electrons. The number of carbonyl (C=O) groups is 3. The fraction of sp³-hybridized carbons (Fsp3) is 0. The number of hydrogen-bond acceptors (Lipinski definition) is 7. The van der Waals surface area contributed by atoms with Gasteiger partial charge in [0, 0.05) is 0 Å². The Balaban J connectivity index is 3.32. The molecule has 1 rings (SSSR count). The molecular formula is C9H6O8. The zero-order valence-electron chi connectivity index (χ0n) is 8.11. The van der Waals surface area contributed by atoms with Crippen molar-refractivity contribution in [1.82, 2.24) is 0 Å². The number of aromatic carboxylic acids is 1. The summed E-state index contributed by atoms with van der Waals surface area (Å²) in [7, 11) is 0. The average Bonchev–Trinajstić information content (AvgIpc) is 2.35. The fourth-order valence-electron chi connectivity index (χ4n) is 1.13. The largest absolute Gasteiger partial charge is 0.478 e. The smallest absolute Gasteiger partial charge is 0.373 e. The second-order valence-electron chi connectivity index (χ2n) is 2.82. The van der Waals surface area contributed by atoms with E-state index in [9.17, 15) is 14.4 Å². The van der Waals surface area contributed by atoms with Crippen molar-refractivity contribution in [3.63, 3.8) is 0 Å². The molecule has 0 amide bonds. The van der Waals surface area contributed by atoms with E-state index < -0.39 is 29.0 Å². The molecule has 17 heavy (non-hydrogen) atoms. The summed E-state index contributed by atoms with van der Waals surface area (Å²) in [5.74, 6) is -3.99. The van der Waals surface area contributed by atoms with Crippen LogP contribution in [-0.4, -0.2) is 33.5 Å². The van der Waals surface area contributed by atoms with Gasteiger partial charge in [-0.05, 0) is 18.2 Å². The number of rotatable bonds is 3. The summed E-state index contributed by atoms with van der Waals surface area (Å²) in [6.45, 7) is 0. The summed E-state index contributed by atoms with van der Waals surface area (Å²) in [6.07, 6.45) is 0. The Morgan fingerprint density at radius 3 is 2.00 bits per heavy atom. The molecule has 0 fully saturated rings. The highest BCUT2D eigenvalue weighted by Crippen LogP contribution is 2.14. The van der Waals surface area contributed by atoms with Gasteiger partial charge in [-0.15, -0.1) is 0 Å². The topological polar surface area (TPSA) is 130 Å². The lowest BCUT2D eigenvalue weighted by Crippen LogP contribution is -2.12. The van der Waals surface area contributed by atoms with Gasteiger partial charge in [0.1, 0.15) is 0 Å². The van der Waals surface area contributed by atoms with Crippen molar-refractivity contribution < 1.29 is 39.8 Å². The van der Waals surface area contributed by atoms with Crippen LogP contribution < -0.4 is 0 Å². The van der Waals surface area contributed by atoms with Crippen molar-refractivity contribution in [2.45, 2.75) is 0 Å². The van der Waals surface area contributed by atoms with Crippen molar-refractivity contribution in [1.29, 1.82) is 0 Å². The first kappa shape index (κ1) is 12.6. The summed E-state index contributed by atoms with van der Waals surface area (Å²) < 4.78 is 0. The minimum Gasteiger partial charge on any atom is -0.478 e. The van der Waals surface area contributed by atoms with E-state index in [0.29, 0.717) is 0 Å². The fourth-order valence-corrected chi connectivity index (χ4v) is 1.13. The highest BCUT2D eigenvalue weighted by Gasteiger charge is 2.20. The van der Waals surface area contributed by atoms with Crippen molar-refractivity contribution in [3.05, 3.63) is 34.9 Å². The zero-order valence-corrected chi connectivity index (χ0v) is 8.11. The first-order valence-electron chi connectivity index (χ1n) is 4.10. The third-order valence-corrected chi connectivity index (χ3v) is 1.87. The Morgan fingerprint density at radius 2 is 1.53 bits per heavy atom. The van der Waals surface area contributed by atoms with Crippen LogP contribution in [0.1, 0.15) is 31.1 Å². The lowest BCUT2D eigenvalue weighted by Gasteiger charge is -2.04. The van der Waals surface area contributed by atoms with E-state index in [1.54, 1.807) is 0 Å². The Bertz CT molecular complexity index is 478. The van der Waals surface area contributed by atoms with E-state index in [0.717, 1.165) is 18.2 Å². The van der Waals surface area contributed by atoms with E-state index >= 15 is 0 Å². The summed E-state index contributed by atoms with van der Waals surface area (Å²) in [6, 6.07) is 2.76. The van der Waals surface area contributed by atoms with Crippen LogP contribution in [0.4, 0.5) is 0 Å². The lowest BCUT2D eigenvalue weighted by atomic mass is 10.0. The molecule has 0 unspecified atom stereocenters. The van der Waals surface area contributed by atoms with Crippen molar-refractivity contribution >= 4 is 17.9 Å². The van der Waals surface area contributed by atoms with Gasteiger partial charge in [0.2, 0.25) is 0 Å². The van der Waals surface area contributed by atoms with E-state index in [1.807, 2.05) is 0 Å². The molecule has 0 aliphatic carbocycles. The molecular weight excluding hydrogens is 236 g/mol. The molecule has 0 atom stereocenters. The first-order chi connectivity index (χ1) is 8.01. The third-order valence-electron chi connectivity index (χ3n) is 1.87. The Kier molecular flexibility index (Phi) is 3.75. The molecule has 0 saturated carbocycles. The normalized spacial score (nSPS) is 9.53. The van der Waals surface area contributed by atoms with E-state index in [4.69, 9.17) is 15.6 Å². The van der Waals surface area contributed by atoms with Gasteiger partial charge in [-0.1, -0.05) is 0 Å². The van der Waals surface area contributed by atoms with Gasteiger partial charge in [-0.2, -0.15) is 10.5 Å². The lowest BCUT2D eigenvalue weighted by molar-refractivity contribution is -0.183. The number of carboxylic acid groups (broad SMARTS) is 1. The molecule has 1 aromatic carbocycles. The second kappa shape index (κ2) is 5.05. The van der Waals surface area contributed by atoms with E-state index in [-0.39, 0.29) is 5.56 Å².